The first-order valence-corrected chi connectivity index (χ1v) is 6.35. The molecule has 0 spiro atoms. The number of aliphatic hydroxyl groups excluding tert-OH is 1. The van der Waals surface area contributed by atoms with E-state index in [4.69, 9.17) is 4.74 Å². The molecule has 0 bridgehead atoms. The molecule has 94 valence electrons. The van der Waals surface area contributed by atoms with Gasteiger partial charge in [0, 0.05) is 11.6 Å². The SMILES string of the molecule is COc1ccccc1C(O)CC1CCCCN1. The highest BCUT2D eigenvalue weighted by Gasteiger charge is 2.19. The summed E-state index contributed by atoms with van der Waals surface area (Å²) >= 11 is 0. The molecule has 3 heteroatoms. The summed E-state index contributed by atoms with van der Waals surface area (Å²) in [5.74, 6) is 0.774. The van der Waals surface area contributed by atoms with E-state index in [1.807, 2.05) is 24.3 Å². The van der Waals surface area contributed by atoms with Crippen molar-refractivity contribution in [3.63, 3.8) is 0 Å². The number of piperidine rings is 1. The van der Waals surface area contributed by atoms with Crippen molar-refractivity contribution in [1.82, 2.24) is 5.32 Å². The summed E-state index contributed by atoms with van der Waals surface area (Å²) in [4.78, 5) is 0. The van der Waals surface area contributed by atoms with Gasteiger partial charge in [-0.05, 0) is 31.9 Å². The van der Waals surface area contributed by atoms with Crippen molar-refractivity contribution in [1.29, 1.82) is 0 Å². The van der Waals surface area contributed by atoms with Crippen molar-refractivity contribution in [2.45, 2.75) is 37.8 Å². The highest BCUT2D eigenvalue weighted by Crippen LogP contribution is 2.28. The fourth-order valence-corrected chi connectivity index (χ4v) is 2.46. The zero-order valence-corrected chi connectivity index (χ0v) is 10.4. The molecule has 0 aliphatic carbocycles. The maximum absolute atomic E-state index is 10.3. The van der Waals surface area contributed by atoms with Crippen LogP contribution < -0.4 is 10.1 Å². The van der Waals surface area contributed by atoms with Gasteiger partial charge >= 0.3 is 0 Å². The number of methoxy groups -OCH3 is 1. The molecule has 1 aromatic carbocycles. The third-order valence-electron chi connectivity index (χ3n) is 3.42. The smallest absolute Gasteiger partial charge is 0.124 e. The van der Waals surface area contributed by atoms with E-state index in [9.17, 15) is 5.11 Å². The van der Waals surface area contributed by atoms with E-state index in [0.29, 0.717) is 6.04 Å². The minimum Gasteiger partial charge on any atom is -0.496 e. The molecule has 1 aliphatic rings. The fraction of sp³-hybridized carbons (Fsp3) is 0.571. The molecular weight excluding hydrogens is 214 g/mol. The first kappa shape index (κ1) is 12.4. The van der Waals surface area contributed by atoms with Gasteiger partial charge in [-0.3, -0.25) is 0 Å². The van der Waals surface area contributed by atoms with Crippen LogP contribution in [0.25, 0.3) is 0 Å². The van der Waals surface area contributed by atoms with Gasteiger partial charge in [0.15, 0.2) is 0 Å². The predicted octanol–water partition coefficient (Wildman–Crippen LogP) is 2.26. The number of benzene rings is 1. The summed E-state index contributed by atoms with van der Waals surface area (Å²) in [6.07, 6.45) is 3.99. The molecule has 2 N–H and O–H groups in total. The molecule has 0 amide bonds. The Kier molecular flexibility index (Phi) is 4.40. The molecule has 1 aliphatic heterocycles. The van der Waals surface area contributed by atoms with Gasteiger partial charge in [0.05, 0.1) is 13.2 Å². The largest absolute Gasteiger partial charge is 0.496 e. The van der Waals surface area contributed by atoms with Crippen LogP contribution in [0.1, 0.15) is 37.4 Å². The number of nitrogens with one attached hydrogen (secondary N) is 1. The lowest BCUT2D eigenvalue weighted by atomic mass is 9.95. The van der Waals surface area contributed by atoms with E-state index in [-0.39, 0.29) is 0 Å². The van der Waals surface area contributed by atoms with Crippen molar-refractivity contribution in [3.8, 4) is 5.75 Å². The Morgan fingerprint density at radius 1 is 1.41 bits per heavy atom. The zero-order chi connectivity index (χ0) is 12.1. The monoisotopic (exact) mass is 235 g/mol. The van der Waals surface area contributed by atoms with E-state index < -0.39 is 6.10 Å². The topological polar surface area (TPSA) is 41.5 Å². The Morgan fingerprint density at radius 3 is 2.94 bits per heavy atom. The highest BCUT2D eigenvalue weighted by molar-refractivity contribution is 5.35. The number of hydrogen-bond acceptors (Lipinski definition) is 3. The second kappa shape index (κ2) is 6.03. The van der Waals surface area contributed by atoms with E-state index in [0.717, 1.165) is 30.7 Å². The van der Waals surface area contributed by atoms with E-state index in [1.54, 1.807) is 7.11 Å². The number of rotatable bonds is 4. The standard InChI is InChI=1S/C14H21NO2/c1-17-14-8-3-2-7-12(14)13(16)10-11-6-4-5-9-15-11/h2-3,7-8,11,13,15-16H,4-6,9-10H2,1H3. The van der Waals surface area contributed by atoms with Crippen LogP contribution in [-0.4, -0.2) is 24.8 Å². The van der Waals surface area contributed by atoms with Gasteiger partial charge in [0.2, 0.25) is 0 Å². The van der Waals surface area contributed by atoms with Gasteiger partial charge < -0.3 is 15.2 Å². The second-order valence-corrected chi connectivity index (χ2v) is 4.64. The normalized spacial score (nSPS) is 22.1. The molecule has 0 saturated carbocycles. The number of para-hydroxylation sites is 1. The van der Waals surface area contributed by atoms with Gasteiger partial charge in [0.1, 0.15) is 5.75 Å². The molecule has 2 rings (SSSR count). The maximum Gasteiger partial charge on any atom is 0.124 e. The maximum atomic E-state index is 10.3. The van der Waals surface area contributed by atoms with E-state index in [2.05, 4.69) is 5.32 Å². The fourth-order valence-electron chi connectivity index (χ4n) is 2.46. The lowest BCUT2D eigenvalue weighted by Crippen LogP contribution is -2.35. The molecule has 0 aromatic heterocycles. The summed E-state index contributed by atoms with van der Waals surface area (Å²) in [7, 11) is 1.64. The van der Waals surface area contributed by atoms with Crippen LogP contribution in [0.3, 0.4) is 0 Å². The first-order valence-electron chi connectivity index (χ1n) is 6.35. The van der Waals surface area contributed by atoms with Crippen molar-refractivity contribution in [2.75, 3.05) is 13.7 Å². The molecule has 0 radical (unpaired) electrons. The minimum absolute atomic E-state index is 0.434. The third kappa shape index (κ3) is 3.20. The minimum atomic E-state index is -0.443. The predicted molar refractivity (Wildman–Crippen MR) is 68.2 cm³/mol. The van der Waals surface area contributed by atoms with Crippen molar-refractivity contribution in [2.24, 2.45) is 0 Å². The van der Waals surface area contributed by atoms with Crippen LogP contribution in [0.5, 0.6) is 5.75 Å². The molecular formula is C14H21NO2. The average molecular weight is 235 g/mol. The lowest BCUT2D eigenvalue weighted by molar-refractivity contribution is 0.141. The van der Waals surface area contributed by atoms with E-state index >= 15 is 0 Å². The Hall–Kier alpha value is -1.06. The van der Waals surface area contributed by atoms with Crippen LogP contribution in [0.2, 0.25) is 0 Å². The lowest BCUT2D eigenvalue weighted by Gasteiger charge is -2.26. The average Bonchev–Trinajstić information content (AvgIpc) is 2.40. The molecule has 2 atom stereocenters. The Bertz CT molecular complexity index is 348. The quantitative estimate of drug-likeness (QED) is 0.841. The summed E-state index contributed by atoms with van der Waals surface area (Å²) in [5.41, 5.74) is 0.891. The van der Waals surface area contributed by atoms with Crippen molar-refractivity contribution in [3.05, 3.63) is 29.8 Å². The second-order valence-electron chi connectivity index (χ2n) is 4.64. The summed E-state index contributed by atoms with van der Waals surface area (Å²) < 4.78 is 5.28. The number of ether oxygens (including phenoxy) is 1. The molecule has 1 fully saturated rings. The molecule has 1 aromatic rings. The van der Waals surface area contributed by atoms with Gasteiger partial charge in [-0.2, -0.15) is 0 Å². The first-order chi connectivity index (χ1) is 8.31. The highest BCUT2D eigenvalue weighted by atomic mass is 16.5. The Morgan fingerprint density at radius 2 is 2.24 bits per heavy atom. The van der Waals surface area contributed by atoms with Crippen LogP contribution in [0.4, 0.5) is 0 Å². The van der Waals surface area contributed by atoms with Crippen LogP contribution in [0, 0.1) is 0 Å². The third-order valence-corrected chi connectivity index (χ3v) is 3.42. The van der Waals surface area contributed by atoms with Gasteiger partial charge in [0.25, 0.3) is 0 Å². The molecule has 1 heterocycles. The molecule has 1 saturated heterocycles. The van der Waals surface area contributed by atoms with E-state index in [1.165, 1.54) is 12.8 Å². The van der Waals surface area contributed by atoms with Gasteiger partial charge in [-0.15, -0.1) is 0 Å². The van der Waals surface area contributed by atoms with Gasteiger partial charge in [-0.1, -0.05) is 24.6 Å². The van der Waals surface area contributed by atoms with Crippen molar-refractivity contribution < 1.29 is 9.84 Å². The van der Waals surface area contributed by atoms with Crippen LogP contribution in [0.15, 0.2) is 24.3 Å². The molecule has 17 heavy (non-hydrogen) atoms. The van der Waals surface area contributed by atoms with Gasteiger partial charge in [-0.25, -0.2) is 0 Å². The summed E-state index contributed by atoms with van der Waals surface area (Å²) in [5, 5.41) is 13.7. The number of aliphatic hydroxyl groups is 1. The molecule has 3 nitrogen and oxygen atoms in total. The number of hydrogen-bond donors (Lipinski definition) is 2. The zero-order valence-electron chi connectivity index (χ0n) is 10.4. The Balaban J connectivity index is 2.00. The summed E-state index contributed by atoms with van der Waals surface area (Å²) in [6, 6.07) is 8.13. The van der Waals surface area contributed by atoms with Crippen LogP contribution in [-0.2, 0) is 0 Å². The molecule has 2 unspecified atom stereocenters. The van der Waals surface area contributed by atoms with Crippen LogP contribution >= 0.6 is 0 Å². The van der Waals surface area contributed by atoms with Crippen molar-refractivity contribution >= 4 is 0 Å². The summed E-state index contributed by atoms with van der Waals surface area (Å²) in [6.45, 7) is 1.07. The Labute approximate surface area is 103 Å².